The first-order valence-corrected chi connectivity index (χ1v) is 6.82. The molecule has 2 aromatic heterocycles. The average molecular weight is 261 g/mol. The lowest BCUT2D eigenvalue weighted by atomic mass is 10.1. The van der Waals surface area contributed by atoms with Gasteiger partial charge in [0.15, 0.2) is 5.76 Å². The Balaban J connectivity index is 1.67. The fourth-order valence-electron chi connectivity index (χ4n) is 2.62. The molecule has 1 saturated heterocycles. The van der Waals surface area contributed by atoms with E-state index in [4.69, 9.17) is 8.83 Å². The lowest BCUT2D eigenvalue weighted by Gasteiger charge is -2.17. The van der Waals surface area contributed by atoms with Crippen LogP contribution in [0.1, 0.15) is 32.1 Å². The van der Waals surface area contributed by atoms with Crippen LogP contribution in [0.3, 0.4) is 0 Å². The Morgan fingerprint density at radius 2 is 2.32 bits per heavy atom. The van der Waals surface area contributed by atoms with Gasteiger partial charge in [-0.25, -0.2) is 0 Å². The maximum atomic E-state index is 5.72. The van der Waals surface area contributed by atoms with E-state index in [2.05, 4.69) is 28.9 Å². The van der Waals surface area contributed by atoms with Crippen molar-refractivity contribution in [1.82, 2.24) is 15.1 Å². The van der Waals surface area contributed by atoms with Crippen LogP contribution in [0.25, 0.3) is 11.7 Å². The summed E-state index contributed by atoms with van der Waals surface area (Å²) in [5.41, 5.74) is 0. The molecule has 0 amide bonds. The van der Waals surface area contributed by atoms with Gasteiger partial charge >= 0.3 is 0 Å². The zero-order valence-corrected chi connectivity index (χ0v) is 11.4. The minimum atomic E-state index is 0.356. The monoisotopic (exact) mass is 261 g/mol. The summed E-state index contributed by atoms with van der Waals surface area (Å²) in [5.74, 6) is 2.89. The Morgan fingerprint density at radius 3 is 3.05 bits per heavy atom. The van der Waals surface area contributed by atoms with Crippen LogP contribution in [-0.4, -0.2) is 34.7 Å². The van der Waals surface area contributed by atoms with Crippen LogP contribution in [-0.2, 0) is 0 Å². The van der Waals surface area contributed by atoms with Gasteiger partial charge in [-0.05, 0) is 31.0 Å². The van der Waals surface area contributed by atoms with Crippen molar-refractivity contribution < 1.29 is 8.83 Å². The minimum absolute atomic E-state index is 0.356. The van der Waals surface area contributed by atoms with Gasteiger partial charge in [0.25, 0.3) is 5.89 Å². The maximum Gasteiger partial charge on any atom is 0.283 e. The van der Waals surface area contributed by atoms with Crippen LogP contribution in [0.15, 0.2) is 27.2 Å². The number of nitrogens with zero attached hydrogens (tertiary/aromatic N) is 3. The first kappa shape index (κ1) is 12.4. The number of rotatable bonds is 4. The number of furan rings is 1. The molecule has 1 aliphatic rings. The van der Waals surface area contributed by atoms with Gasteiger partial charge in [-0.15, -0.1) is 10.2 Å². The summed E-state index contributed by atoms with van der Waals surface area (Å²) in [6.45, 7) is 7.75. The molecule has 19 heavy (non-hydrogen) atoms. The molecule has 0 radical (unpaired) electrons. The van der Waals surface area contributed by atoms with Crippen molar-refractivity contribution in [2.45, 2.75) is 26.2 Å². The van der Waals surface area contributed by atoms with Gasteiger partial charge in [0, 0.05) is 13.1 Å². The van der Waals surface area contributed by atoms with Gasteiger partial charge < -0.3 is 13.7 Å². The summed E-state index contributed by atoms with van der Waals surface area (Å²) >= 11 is 0. The van der Waals surface area contributed by atoms with E-state index >= 15 is 0 Å². The normalized spacial score (nSPS) is 20.5. The third-order valence-electron chi connectivity index (χ3n) is 3.42. The zero-order chi connectivity index (χ0) is 13.2. The minimum Gasteiger partial charge on any atom is -0.459 e. The predicted octanol–water partition coefficient (Wildman–Crippen LogP) is 2.77. The van der Waals surface area contributed by atoms with Crippen LogP contribution >= 0.6 is 0 Å². The molecule has 0 aromatic carbocycles. The molecule has 2 aromatic rings. The summed E-state index contributed by atoms with van der Waals surface area (Å²) in [5, 5.41) is 8.22. The molecular weight excluding hydrogens is 242 g/mol. The van der Waals surface area contributed by atoms with E-state index < -0.39 is 0 Å². The third kappa shape index (κ3) is 2.71. The Morgan fingerprint density at radius 1 is 1.42 bits per heavy atom. The van der Waals surface area contributed by atoms with Crippen LogP contribution in [0, 0.1) is 5.92 Å². The molecule has 0 N–H and O–H groups in total. The van der Waals surface area contributed by atoms with Gasteiger partial charge in [-0.1, -0.05) is 13.8 Å². The lowest BCUT2D eigenvalue weighted by molar-refractivity contribution is 0.290. The molecule has 1 aliphatic heterocycles. The molecule has 102 valence electrons. The van der Waals surface area contributed by atoms with E-state index in [0.717, 1.165) is 31.9 Å². The van der Waals surface area contributed by atoms with Gasteiger partial charge in [-0.2, -0.15) is 0 Å². The Hall–Kier alpha value is -1.62. The van der Waals surface area contributed by atoms with E-state index in [1.165, 1.54) is 0 Å². The van der Waals surface area contributed by atoms with Gasteiger partial charge in [0.1, 0.15) is 0 Å². The van der Waals surface area contributed by atoms with Crippen LogP contribution in [0.5, 0.6) is 0 Å². The highest BCUT2D eigenvalue weighted by Crippen LogP contribution is 2.28. The van der Waals surface area contributed by atoms with Crippen molar-refractivity contribution in [2.75, 3.05) is 19.6 Å². The molecule has 0 spiro atoms. The molecule has 3 heterocycles. The standard InChI is InChI=1S/C14H19N3O2/c1-10(2)8-17-6-5-11(9-17)13-15-16-14(19-13)12-4-3-7-18-12/h3-4,7,10-11H,5-6,8-9H2,1-2H3. The second-order valence-corrected chi connectivity index (χ2v) is 5.56. The molecule has 5 nitrogen and oxygen atoms in total. The Labute approximate surface area is 112 Å². The average Bonchev–Trinajstić information content (AvgIpc) is 3.09. The molecule has 5 heteroatoms. The van der Waals surface area contributed by atoms with Crippen molar-refractivity contribution in [3.63, 3.8) is 0 Å². The van der Waals surface area contributed by atoms with Crippen LogP contribution in [0.2, 0.25) is 0 Å². The van der Waals surface area contributed by atoms with Crippen LogP contribution < -0.4 is 0 Å². The first-order chi connectivity index (χ1) is 9.22. The van der Waals surface area contributed by atoms with Crippen molar-refractivity contribution in [2.24, 2.45) is 5.92 Å². The Kier molecular flexibility index (Phi) is 3.38. The number of hydrogen-bond acceptors (Lipinski definition) is 5. The van der Waals surface area contributed by atoms with Crippen molar-refractivity contribution >= 4 is 0 Å². The van der Waals surface area contributed by atoms with Crippen molar-refractivity contribution in [1.29, 1.82) is 0 Å². The SMILES string of the molecule is CC(C)CN1CCC(c2nnc(-c3ccco3)o2)C1. The number of aromatic nitrogens is 2. The molecular formula is C14H19N3O2. The van der Waals surface area contributed by atoms with E-state index in [9.17, 15) is 0 Å². The molecule has 1 atom stereocenters. The van der Waals surface area contributed by atoms with Gasteiger partial charge in [-0.3, -0.25) is 0 Å². The summed E-state index contributed by atoms with van der Waals surface area (Å²) in [7, 11) is 0. The number of likely N-dealkylation sites (tertiary alicyclic amines) is 1. The summed E-state index contributed by atoms with van der Waals surface area (Å²) < 4.78 is 11.0. The topological polar surface area (TPSA) is 55.3 Å². The number of hydrogen-bond donors (Lipinski definition) is 0. The van der Waals surface area contributed by atoms with E-state index in [1.807, 2.05) is 12.1 Å². The largest absolute Gasteiger partial charge is 0.459 e. The van der Waals surface area contributed by atoms with Crippen molar-refractivity contribution in [3.8, 4) is 11.7 Å². The summed E-state index contributed by atoms with van der Waals surface area (Å²) in [6.07, 6.45) is 2.70. The second-order valence-electron chi connectivity index (χ2n) is 5.56. The fraction of sp³-hybridized carbons (Fsp3) is 0.571. The van der Waals surface area contributed by atoms with Gasteiger partial charge in [0.05, 0.1) is 12.2 Å². The first-order valence-electron chi connectivity index (χ1n) is 6.82. The highest BCUT2D eigenvalue weighted by molar-refractivity contribution is 5.42. The third-order valence-corrected chi connectivity index (χ3v) is 3.42. The quantitative estimate of drug-likeness (QED) is 0.847. The zero-order valence-electron chi connectivity index (χ0n) is 11.4. The molecule has 1 fully saturated rings. The Bertz CT molecular complexity index is 519. The van der Waals surface area contributed by atoms with E-state index in [-0.39, 0.29) is 0 Å². The molecule has 3 rings (SSSR count). The van der Waals surface area contributed by atoms with Gasteiger partial charge in [0.2, 0.25) is 5.89 Å². The fourth-order valence-corrected chi connectivity index (χ4v) is 2.62. The van der Waals surface area contributed by atoms with Crippen LogP contribution in [0.4, 0.5) is 0 Å². The highest BCUT2D eigenvalue weighted by atomic mass is 16.4. The predicted molar refractivity (Wildman–Crippen MR) is 70.6 cm³/mol. The maximum absolute atomic E-state index is 5.72. The molecule has 0 saturated carbocycles. The second kappa shape index (κ2) is 5.17. The highest BCUT2D eigenvalue weighted by Gasteiger charge is 2.28. The smallest absolute Gasteiger partial charge is 0.283 e. The molecule has 0 aliphatic carbocycles. The summed E-state index contributed by atoms with van der Waals surface area (Å²) in [4.78, 5) is 2.46. The lowest BCUT2D eigenvalue weighted by Crippen LogP contribution is -2.24. The van der Waals surface area contributed by atoms with Crippen molar-refractivity contribution in [3.05, 3.63) is 24.3 Å². The summed E-state index contributed by atoms with van der Waals surface area (Å²) in [6, 6.07) is 3.65. The molecule has 0 bridgehead atoms. The van der Waals surface area contributed by atoms with E-state index in [1.54, 1.807) is 6.26 Å². The molecule has 1 unspecified atom stereocenters. The van der Waals surface area contributed by atoms with E-state index in [0.29, 0.717) is 23.5 Å².